The number of fused-ring (bicyclic) bond motifs is 1. The third kappa shape index (κ3) is 2.74. The maximum atomic E-state index is 6.00. The first-order chi connectivity index (χ1) is 10.3. The van der Waals surface area contributed by atoms with Crippen LogP contribution in [0.5, 0.6) is 11.5 Å². The van der Waals surface area contributed by atoms with Gasteiger partial charge in [0.25, 0.3) is 0 Å². The molecule has 0 aromatic heterocycles. The van der Waals surface area contributed by atoms with Crippen molar-refractivity contribution in [2.75, 3.05) is 13.7 Å². The molecular formula is C18H20O3. The van der Waals surface area contributed by atoms with E-state index in [1.807, 2.05) is 25.1 Å². The topological polar surface area (TPSA) is 27.7 Å². The third-order valence-corrected chi connectivity index (χ3v) is 3.84. The molecule has 0 bridgehead atoms. The number of ether oxygens (including phenoxy) is 3. The van der Waals surface area contributed by atoms with E-state index in [4.69, 9.17) is 14.2 Å². The summed E-state index contributed by atoms with van der Waals surface area (Å²) < 4.78 is 17.2. The lowest BCUT2D eigenvalue weighted by molar-refractivity contribution is -0.0903. The number of hydrogen-bond acceptors (Lipinski definition) is 3. The summed E-state index contributed by atoms with van der Waals surface area (Å²) in [6, 6.07) is 16.5. The number of hydrogen-bond donors (Lipinski definition) is 0. The van der Waals surface area contributed by atoms with Gasteiger partial charge in [0.2, 0.25) is 6.29 Å². The van der Waals surface area contributed by atoms with Gasteiger partial charge in [0.15, 0.2) is 11.5 Å². The summed E-state index contributed by atoms with van der Waals surface area (Å²) in [7, 11) is 1.67. The fraction of sp³-hybridized carbons (Fsp3) is 0.333. The fourth-order valence-electron chi connectivity index (χ4n) is 2.88. The Balaban J connectivity index is 2.05. The van der Waals surface area contributed by atoms with Gasteiger partial charge in [-0.15, -0.1) is 0 Å². The van der Waals surface area contributed by atoms with Gasteiger partial charge in [-0.2, -0.15) is 0 Å². The highest BCUT2D eigenvalue weighted by Crippen LogP contribution is 2.45. The highest BCUT2D eigenvalue weighted by Gasteiger charge is 2.31. The Morgan fingerprint density at radius 2 is 1.90 bits per heavy atom. The molecule has 3 nitrogen and oxygen atoms in total. The van der Waals surface area contributed by atoms with Crippen molar-refractivity contribution < 1.29 is 14.2 Å². The molecule has 110 valence electrons. The van der Waals surface area contributed by atoms with Crippen molar-refractivity contribution in [3.63, 3.8) is 0 Å². The van der Waals surface area contributed by atoms with Crippen molar-refractivity contribution in [2.45, 2.75) is 25.6 Å². The van der Waals surface area contributed by atoms with Crippen LogP contribution in [0.3, 0.4) is 0 Å². The predicted molar refractivity (Wildman–Crippen MR) is 81.9 cm³/mol. The van der Waals surface area contributed by atoms with Crippen LogP contribution in [0, 0.1) is 0 Å². The molecule has 0 saturated heterocycles. The lowest BCUT2D eigenvalue weighted by atomic mass is 9.86. The van der Waals surface area contributed by atoms with Gasteiger partial charge in [-0.25, -0.2) is 0 Å². The average molecular weight is 284 g/mol. The monoisotopic (exact) mass is 284 g/mol. The van der Waals surface area contributed by atoms with E-state index in [9.17, 15) is 0 Å². The molecule has 0 amide bonds. The normalized spacial score (nSPS) is 20.5. The largest absolute Gasteiger partial charge is 0.493 e. The summed E-state index contributed by atoms with van der Waals surface area (Å²) in [5, 5.41) is 0. The van der Waals surface area contributed by atoms with Gasteiger partial charge >= 0.3 is 0 Å². The molecule has 1 aliphatic rings. The van der Waals surface area contributed by atoms with Crippen molar-refractivity contribution in [3.8, 4) is 11.5 Å². The summed E-state index contributed by atoms with van der Waals surface area (Å²) in [6.07, 6.45) is 0.585. The van der Waals surface area contributed by atoms with E-state index in [1.165, 1.54) is 5.56 Å². The van der Waals surface area contributed by atoms with Gasteiger partial charge in [0, 0.05) is 24.5 Å². The maximum absolute atomic E-state index is 6.00. The van der Waals surface area contributed by atoms with E-state index in [0.717, 1.165) is 23.5 Å². The van der Waals surface area contributed by atoms with Crippen LogP contribution in [0.4, 0.5) is 0 Å². The number of benzene rings is 2. The van der Waals surface area contributed by atoms with Crippen LogP contribution in [-0.2, 0) is 4.74 Å². The summed E-state index contributed by atoms with van der Waals surface area (Å²) in [5.74, 6) is 1.83. The summed E-state index contributed by atoms with van der Waals surface area (Å²) in [4.78, 5) is 0. The smallest absolute Gasteiger partial charge is 0.200 e. The van der Waals surface area contributed by atoms with Crippen molar-refractivity contribution >= 4 is 0 Å². The molecule has 0 N–H and O–H groups in total. The average Bonchev–Trinajstić information content (AvgIpc) is 2.54. The molecule has 0 aliphatic carbocycles. The molecule has 21 heavy (non-hydrogen) atoms. The predicted octanol–water partition coefficient (Wildman–Crippen LogP) is 3.97. The first-order valence-electron chi connectivity index (χ1n) is 7.33. The minimum absolute atomic E-state index is 0.232. The van der Waals surface area contributed by atoms with Crippen LogP contribution < -0.4 is 9.47 Å². The van der Waals surface area contributed by atoms with Crippen LogP contribution in [0.25, 0.3) is 0 Å². The van der Waals surface area contributed by atoms with Crippen LogP contribution in [0.2, 0.25) is 0 Å². The highest BCUT2D eigenvalue weighted by atomic mass is 16.7. The molecule has 0 spiro atoms. The molecule has 0 fully saturated rings. The second-order valence-corrected chi connectivity index (χ2v) is 5.08. The van der Waals surface area contributed by atoms with E-state index in [1.54, 1.807) is 7.11 Å². The summed E-state index contributed by atoms with van der Waals surface area (Å²) >= 11 is 0. The van der Waals surface area contributed by atoms with Crippen molar-refractivity contribution in [1.82, 2.24) is 0 Å². The zero-order chi connectivity index (χ0) is 14.7. The Morgan fingerprint density at radius 1 is 1.10 bits per heavy atom. The molecular weight excluding hydrogens is 264 g/mol. The quantitative estimate of drug-likeness (QED) is 0.850. The fourth-order valence-corrected chi connectivity index (χ4v) is 2.88. The molecule has 2 atom stereocenters. The Kier molecular flexibility index (Phi) is 4.11. The first-order valence-corrected chi connectivity index (χ1v) is 7.33. The summed E-state index contributed by atoms with van der Waals surface area (Å²) in [5.41, 5.74) is 2.44. The Bertz CT molecular complexity index is 595. The number of methoxy groups -OCH3 is 1. The van der Waals surface area contributed by atoms with Crippen molar-refractivity contribution in [1.29, 1.82) is 0 Å². The molecule has 2 aromatic rings. The van der Waals surface area contributed by atoms with E-state index >= 15 is 0 Å². The number of para-hydroxylation sites is 1. The van der Waals surface area contributed by atoms with Crippen LogP contribution in [0.15, 0.2) is 48.5 Å². The van der Waals surface area contributed by atoms with Crippen molar-refractivity contribution in [3.05, 3.63) is 59.7 Å². The Morgan fingerprint density at radius 3 is 2.62 bits per heavy atom. The van der Waals surface area contributed by atoms with Crippen LogP contribution >= 0.6 is 0 Å². The van der Waals surface area contributed by atoms with E-state index in [-0.39, 0.29) is 12.2 Å². The van der Waals surface area contributed by atoms with E-state index < -0.39 is 0 Å². The van der Waals surface area contributed by atoms with E-state index in [0.29, 0.717) is 6.61 Å². The van der Waals surface area contributed by atoms with Crippen LogP contribution in [-0.4, -0.2) is 20.0 Å². The standard InChI is InChI=1S/C18H20O3/c1-3-20-17-12-15(13-8-5-4-6-9-13)14-10-7-11-16(19-2)18(14)21-17/h4-11,15,17H,3,12H2,1-2H3. The first kappa shape index (κ1) is 14.0. The molecule has 2 unspecified atom stereocenters. The van der Waals surface area contributed by atoms with Gasteiger partial charge in [-0.05, 0) is 18.6 Å². The molecule has 2 aromatic carbocycles. The van der Waals surface area contributed by atoms with Crippen molar-refractivity contribution in [2.24, 2.45) is 0 Å². The SMILES string of the molecule is CCOC1CC(c2ccccc2)c2cccc(OC)c2O1. The molecule has 1 heterocycles. The Labute approximate surface area is 125 Å². The minimum Gasteiger partial charge on any atom is -0.493 e. The molecule has 3 rings (SSSR count). The highest BCUT2D eigenvalue weighted by molar-refractivity contribution is 5.52. The van der Waals surface area contributed by atoms with Crippen LogP contribution in [0.1, 0.15) is 30.4 Å². The lowest BCUT2D eigenvalue weighted by Gasteiger charge is -2.33. The minimum atomic E-state index is -0.232. The second kappa shape index (κ2) is 6.19. The molecule has 1 aliphatic heterocycles. The molecule has 0 saturated carbocycles. The van der Waals surface area contributed by atoms with Gasteiger partial charge in [-0.3, -0.25) is 0 Å². The number of rotatable bonds is 4. The van der Waals surface area contributed by atoms with Gasteiger partial charge in [-0.1, -0.05) is 42.5 Å². The maximum Gasteiger partial charge on any atom is 0.200 e. The molecule has 3 heteroatoms. The van der Waals surface area contributed by atoms with Gasteiger partial charge in [0.1, 0.15) is 0 Å². The third-order valence-electron chi connectivity index (χ3n) is 3.84. The van der Waals surface area contributed by atoms with Gasteiger partial charge < -0.3 is 14.2 Å². The zero-order valence-electron chi connectivity index (χ0n) is 12.4. The Hall–Kier alpha value is -2.00. The van der Waals surface area contributed by atoms with Gasteiger partial charge in [0.05, 0.1) is 7.11 Å². The van der Waals surface area contributed by atoms with E-state index in [2.05, 4.69) is 30.3 Å². The summed E-state index contributed by atoms with van der Waals surface area (Å²) in [6.45, 7) is 2.62. The lowest BCUT2D eigenvalue weighted by Crippen LogP contribution is -2.29. The second-order valence-electron chi connectivity index (χ2n) is 5.08. The zero-order valence-corrected chi connectivity index (χ0v) is 12.4. The molecule has 0 radical (unpaired) electrons.